The molecule has 0 bridgehead atoms. The van der Waals surface area contributed by atoms with E-state index in [4.69, 9.17) is 4.74 Å². The lowest BCUT2D eigenvalue weighted by Crippen LogP contribution is -2.45. The van der Waals surface area contributed by atoms with Crippen molar-refractivity contribution in [3.05, 3.63) is 12.2 Å². The maximum atomic E-state index is 12.5. The fourth-order valence-electron chi connectivity index (χ4n) is 9.81. The van der Waals surface area contributed by atoms with E-state index in [1.54, 1.807) is 6.08 Å². The third kappa shape index (κ3) is 53.9. The Labute approximate surface area is 425 Å². The van der Waals surface area contributed by atoms with Gasteiger partial charge in [0.15, 0.2) is 0 Å². The van der Waals surface area contributed by atoms with Gasteiger partial charge in [-0.15, -0.1) is 0 Å². The van der Waals surface area contributed by atoms with Crippen molar-refractivity contribution in [3.63, 3.8) is 0 Å². The van der Waals surface area contributed by atoms with Crippen LogP contribution >= 0.6 is 0 Å². The second-order valence-electron chi connectivity index (χ2n) is 21.4. The summed E-state index contributed by atoms with van der Waals surface area (Å²) in [6.45, 7) is 4.92. The summed E-state index contributed by atoms with van der Waals surface area (Å²) in [7, 11) is 0. The molecule has 0 aromatic carbocycles. The number of aliphatic hydroxyl groups is 2. The van der Waals surface area contributed by atoms with Crippen molar-refractivity contribution in [2.45, 2.75) is 360 Å². The highest BCUT2D eigenvalue weighted by atomic mass is 16.5. The molecular weight excluding hydrogens is 839 g/mol. The van der Waals surface area contributed by atoms with Crippen LogP contribution in [-0.4, -0.2) is 47.4 Å². The largest absolute Gasteiger partial charge is 0.466 e. The number of hydrogen-bond donors (Lipinski definition) is 3. The number of aliphatic hydroxyl groups excluding tert-OH is 2. The Morgan fingerprint density at radius 1 is 0.397 bits per heavy atom. The molecule has 0 radical (unpaired) electrons. The van der Waals surface area contributed by atoms with Crippen LogP contribution < -0.4 is 5.32 Å². The standard InChI is InChI=1S/C62H121NO5/c1-3-5-7-9-11-13-15-17-19-20-21-22-23-24-27-30-34-38-42-46-50-54-60(65)59(58-64)63-61(66)55-51-47-43-39-35-31-28-25-26-29-33-37-41-45-49-53-57-68-62(67)56-52-48-44-40-36-32-18-16-14-12-10-8-6-4-2/h50,54,59-60,64-65H,3-49,51-53,55-58H2,1-2H3,(H,63,66)/b54-50+. The first-order chi connectivity index (χ1) is 33.5. The molecule has 6 heteroatoms. The summed E-state index contributed by atoms with van der Waals surface area (Å²) in [6.07, 6.45) is 69.6. The minimum Gasteiger partial charge on any atom is -0.466 e. The lowest BCUT2D eigenvalue weighted by molar-refractivity contribution is -0.143. The predicted molar refractivity (Wildman–Crippen MR) is 297 cm³/mol. The molecule has 0 rings (SSSR count). The molecule has 0 saturated heterocycles. The van der Waals surface area contributed by atoms with Gasteiger partial charge in [0.25, 0.3) is 0 Å². The molecule has 68 heavy (non-hydrogen) atoms. The zero-order valence-electron chi connectivity index (χ0n) is 46.1. The van der Waals surface area contributed by atoms with Crippen molar-refractivity contribution in [2.75, 3.05) is 13.2 Å². The van der Waals surface area contributed by atoms with E-state index in [1.165, 1.54) is 276 Å². The summed E-state index contributed by atoms with van der Waals surface area (Å²) in [4.78, 5) is 24.5. The Hall–Kier alpha value is -1.40. The van der Waals surface area contributed by atoms with Crippen LogP contribution in [0.25, 0.3) is 0 Å². The molecule has 0 aromatic heterocycles. The summed E-state index contributed by atoms with van der Waals surface area (Å²) in [5.74, 6) is -0.0655. The normalized spacial score (nSPS) is 12.6. The molecule has 404 valence electrons. The first kappa shape index (κ1) is 66.6. The molecule has 3 N–H and O–H groups in total. The van der Waals surface area contributed by atoms with Gasteiger partial charge in [-0.3, -0.25) is 9.59 Å². The van der Waals surface area contributed by atoms with E-state index in [0.717, 1.165) is 44.9 Å². The maximum absolute atomic E-state index is 12.5. The van der Waals surface area contributed by atoms with Crippen LogP contribution in [0.3, 0.4) is 0 Å². The zero-order valence-corrected chi connectivity index (χ0v) is 46.1. The number of rotatable bonds is 58. The number of ether oxygens (including phenoxy) is 1. The van der Waals surface area contributed by atoms with Gasteiger partial charge < -0.3 is 20.3 Å². The fraction of sp³-hybridized carbons (Fsp3) is 0.935. The Morgan fingerprint density at radius 3 is 1.00 bits per heavy atom. The lowest BCUT2D eigenvalue weighted by atomic mass is 10.0. The second kappa shape index (κ2) is 58.2. The van der Waals surface area contributed by atoms with Gasteiger partial charge in [0.05, 0.1) is 25.4 Å². The highest BCUT2D eigenvalue weighted by molar-refractivity contribution is 5.76. The molecule has 0 aromatic rings. The highest BCUT2D eigenvalue weighted by Gasteiger charge is 2.18. The molecule has 0 aliphatic rings. The summed E-state index contributed by atoms with van der Waals surface area (Å²) < 4.78 is 5.48. The summed E-state index contributed by atoms with van der Waals surface area (Å²) in [6, 6.07) is -0.633. The van der Waals surface area contributed by atoms with E-state index in [9.17, 15) is 19.8 Å². The monoisotopic (exact) mass is 960 g/mol. The molecular formula is C62H121NO5. The second-order valence-corrected chi connectivity index (χ2v) is 21.4. The maximum Gasteiger partial charge on any atom is 0.305 e. The molecule has 0 fully saturated rings. The van der Waals surface area contributed by atoms with Crippen molar-refractivity contribution >= 4 is 11.9 Å². The quantitative estimate of drug-likeness (QED) is 0.0321. The first-order valence-corrected chi connectivity index (χ1v) is 31.0. The van der Waals surface area contributed by atoms with Gasteiger partial charge in [0.2, 0.25) is 5.91 Å². The van der Waals surface area contributed by atoms with Crippen LogP contribution in [-0.2, 0) is 14.3 Å². The van der Waals surface area contributed by atoms with Crippen LogP contribution in [0.2, 0.25) is 0 Å². The number of hydrogen-bond acceptors (Lipinski definition) is 5. The van der Waals surface area contributed by atoms with Crippen molar-refractivity contribution in [3.8, 4) is 0 Å². The third-order valence-corrected chi connectivity index (χ3v) is 14.6. The third-order valence-electron chi connectivity index (χ3n) is 14.6. The van der Waals surface area contributed by atoms with Crippen molar-refractivity contribution in [1.82, 2.24) is 5.32 Å². The molecule has 0 saturated carbocycles. The predicted octanol–water partition coefficient (Wildman–Crippen LogP) is 19.2. The lowest BCUT2D eigenvalue weighted by Gasteiger charge is -2.20. The molecule has 0 spiro atoms. The molecule has 6 nitrogen and oxygen atoms in total. The number of amides is 1. The topological polar surface area (TPSA) is 95.9 Å². The van der Waals surface area contributed by atoms with Crippen molar-refractivity contribution < 1.29 is 24.5 Å². The molecule has 0 heterocycles. The number of nitrogens with one attached hydrogen (secondary N) is 1. The van der Waals surface area contributed by atoms with E-state index in [1.807, 2.05) is 6.08 Å². The summed E-state index contributed by atoms with van der Waals surface area (Å²) in [5, 5.41) is 23.2. The molecule has 2 unspecified atom stereocenters. The molecule has 0 aliphatic carbocycles. The number of carbonyl (C=O) groups excluding carboxylic acids is 2. The van der Waals surface area contributed by atoms with Gasteiger partial charge in [0, 0.05) is 12.8 Å². The average Bonchev–Trinajstić information content (AvgIpc) is 3.34. The van der Waals surface area contributed by atoms with Crippen molar-refractivity contribution in [1.29, 1.82) is 0 Å². The first-order valence-electron chi connectivity index (χ1n) is 31.0. The number of allylic oxidation sites excluding steroid dienone is 1. The fourth-order valence-corrected chi connectivity index (χ4v) is 9.81. The number of esters is 1. The van der Waals surface area contributed by atoms with E-state index in [2.05, 4.69) is 19.2 Å². The van der Waals surface area contributed by atoms with E-state index in [0.29, 0.717) is 19.4 Å². The summed E-state index contributed by atoms with van der Waals surface area (Å²) >= 11 is 0. The van der Waals surface area contributed by atoms with Gasteiger partial charge in [-0.05, 0) is 32.1 Å². The summed E-state index contributed by atoms with van der Waals surface area (Å²) in [5.41, 5.74) is 0. The van der Waals surface area contributed by atoms with Crippen LogP contribution in [0, 0.1) is 0 Å². The Balaban J connectivity index is 3.44. The minimum absolute atomic E-state index is 0.00535. The minimum atomic E-state index is -0.849. The SMILES string of the molecule is CCCCCCCCCCCCCCCCCCCCC/C=C/C(O)C(CO)NC(=O)CCCCCCCCCCCCCCCCCCOC(=O)CCCCCCCCCCCCCCCC. The Kier molecular flexibility index (Phi) is 57.0. The number of unbranched alkanes of at least 4 members (excludes halogenated alkanes) is 47. The molecule has 2 atom stereocenters. The van der Waals surface area contributed by atoms with Gasteiger partial charge in [-0.1, -0.05) is 315 Å². The van der Waals surface area contributed by atoms with E-state index in [-0.39, 0.29) is 18.5 Å². The average molecular weight is 961 g/mol. The van der Waals surface area contributed by atoms with Crippen LogP contribution in [0.15, 0.2) is 12.2 Å². The van der Waals surface area contributed by atoms with Crippen LogP contribution in [0.5, 0.6) is 0 Å². The molecule has 1 amide bonds. The Morgan fingerprint density at radius 2 is 0.676 bits per heavy atom. The van der Waals surface area contributed by atoms with E-state index >= 15 is 0 Å². The molecule has 0 aliphatic heterocycles. The van der Waals surface area contributed by atoms with Gasteiger partial charge >= 0.3 is 5.97 Å². The zero-order chi connectivity index (χ0) is 49.3. The smallest absolute Gasteiger partial charge is 0.305 e. The highest BCUT2D eigenvalue weighted by Crippen LogP contribution is 2.18. The van der Waals surface area contributed by atoms with Crippen LogP contribution in [0.1, 0.15) is 348 Å². The number of carbonyl (C=O) groups is 2. The van der Waals surface area contributed by atoms with Gasteiger partial charge in [0.1, 0.15) is 0 Å². The van der Waals surface area contributed by atoms with Gasteiger partial charge in [-0.2, -0.15) is 0 Å². The van der Waals surface area contributed by atoms with Crippen molar-refractivity contribution in [2.24, 2.45) is 0 Å². The van der Waals surface area contributed by atoms with Gasteiger partial charge in [-0.25, -0.2) is 0 Å². The van der Waals surface area contributed by atoms with E-state index < -0.39 is 12.1 Å². The Bertz CT molecular complexity index is 1020. The van der Waals surface area contributed by atoms with Crippen LogP contribution in [0.4, 0.5) is 0 Å².